The van der Waals surface area contributed by atoms with Crippen LogP contribution in [0.4, 0.5) is 10.1 Å². The quantitative estimate of drug-likeness (QED) is 0.879. The zero-order chi connectivity index (χ0) is 12.8. The van der Waals surface area contributed by atoms with Crippen LogP contribution in [0.15, 0.2) is 22.7 Å². The molecule has 1 atom stereocenters. The lowest BCUT2D eigenvalue weighted by molar-refractivity contribution is -0.117. The third-order valence-corrected chi connectivity index (χ3v) is 3.25. The average molecular weight is 303 g/mol. The van der Waals surface area contributed by atoms with Crippen LogP contribution in [-0.2, 0) is 4.79 Å². The van der Waals surface area contributed by atoms with Crippen LogP contribution in [0, 0.1) is 11.7 Å². The highest BCUT2D eigenvalue weighted by Crippen LogP contribution is 2.23. The third-order valence-electron chi connectivity index (χ3n) is 2.59. The smallest absolute Gasteiger partial charge is 0.224 e. The lowest BCUT2D eigenvalue weighted by Gasteiger charge is -2.12. The molecule has 0 aliphatic carbocycles. The molecule has 0 bridgehead atoms. The first-order chi connectivity index (χ1) is 8.06. The standard InChI is InChI=1S/C12H16BrFN2O/c1-2-8(7-15)5-12(17)16-11-4-3-9(14)6-10(11)13/h3-4,6,8H,2,5,7,15H2,1H3,(H,16,17). The van der Waals surface area contributed by atoms with Gasteiger partial charge in [-0.15, -0.1) is 0 Å². The molecule has 1 amide bonds. The van der Waals surface area contributed by atoms with Crippen molar-refractivity contribution in [3.8, 4) is 0 Å². The van der Waals surface area contributed by atoms with E-state index in [9.17, 15) is 9.18 Å². The predicted molar refractivity (Wildman–Crippen MR) is 70.2 cm³/mol. The molecule has 1 unspecified atom stereocenters. The summed E-state index contributed by atoms with van der Waals surface area (Å²) in [6.07, 6.45) is 1.26. The highest BCUT2D eigenvalue weighted by atomic mass is 79.9. The molecule has 0 aliphatic rings. The summed E-state index contributed by atoms with van der Waals surface area (Å²) in [5, 5.41) is 2.73. The van der Waals surface area contributed by atoms with E-state index in [0.29, 0.717) is 23.1 Å². The molecule has 3 nitrogen and oxygen atoms in total. The van der Waals surface area contributed by atoms with E-state index in [0.717, 1.165) is 6.42 Å². The molecule has 0 fully saturated rings. The molecular formula is C12H16BrFN2O. The second-order valence-electron chi connectivity index (χ2n) is 3.89. The van der Waals surface area contributed by atoms with E-state index in [1.54, 1.807) is 0 Å². The van der Waals surface area contributed by atoms with E-state index in [1.807, 2.05) is 6.92 Å². The fourth-order valence-corrected chi connectivity index (χ4v) is 1.90. The van der Waals surface area contributed by atoms with Gasteiger partial charge in [-0.1, -0.05) is 13.3 Å². The molecule has 0 spiro atoms. The molecule has 17 heavy (non-hydrogen) atoms. The van der Waals surface area contributed by atoms with Crippen molar-refractivity contribution in [2.75, 3.05) is 11.9 Å². The Morgan fingerprint density at radius 3 is 2.82 bits per heavy atom. The molecule has 0 radical (unpaired) electrons. The maximum atomic E-state index is 12.8. The van der Waals surface area contributed by atoms with Crippen molar-refractivity contribution in [1.82, 2.24) is 0 Å². The third kappa shape index (κ3) is 4.44. The van der Waals surface area contributed by atoms with E-state index in [4.69, 9.17) is 5.73 Å². The fraction of sp³-hybridized carbons (Fsp3) is 0.417. The highest BCUT2D eigenvalue weighted by molar-refractivity contribution is 9.10. The SMILES string of the molecule is CCC(CN)CC(=O)Nc1ccc(F)cc1Br. The van der Waals surface area contributed by atoms with E-state index in [1.165, 1.54) is 18.2 Å². The Morgan fingerprint density at radius 1 is 1.59 bits per heavy atom. The Labute approximate surface area is 109 Å². The van der Waals surface area contributed by atoms with Crippen LogP contribution < -0.4 is 11.1 Å². The highest BCUT2D eigenvalue weighted by Gasteiger charge is 2.12. The topological polar surface area (TPSA) is 55.1 Å². The molecule has 5 heteroatoms. The van der Waals surface area contributed by atoms with Gasteiger partial charge in [-0.3, -0.25) is 4.79 Å². The maximum absolute atomic E-state index is 12.8. The van der Waals surface area contributed by atoms with E-state index in [-0.39, 0.29) is 17.6 Å². The molecule has 0 aliphatic heterocycles. The largest absolute Gasteiger partial charge is 0.330 e. The van der Waals surface area contributed by atoms with E-state index < -0.39 is 0 Å². The number of benzene rings is 1. The number of nitrogens with two attached hydrogens (primary N) is 1. The maximum Gasteiger partial charge on any atom is 0.224 e. The predicted octanol–water partition coefficient (Wildman–Crippen LogP) is 2.90. The zero-order valence-corrected chi connectivity index (χ0v) is 11.3. The Hall–Kier alpha value is -0.940. The number of halogens is 2. The van der Waals surface area contributed by atoms with Crippen LogP contribution >= 0.6 is 15.9 Å². The molecule has 1 aromatic rings. The number of carbonyl (C=O) groups is 1. The van der Waals surface area contributed by atoms with Crippen LogP contribution in [-0.4, -0.2) is 12.5 Å². The number of rotatable bonds is 5. The van der Waals surface area contributed by atoms with Crippen molar-refractivity contribution in [3.63, 3.8) is 0 Å². The van der Waals surface area contributed by atoms with Crippen molar-refractivity contribution < 1.29 is 9.18 Å². The number of nitrogens with one attached hydrogen (secondary N) is 1. The lowest BCUT2D eigenvalue weighted by atomic mass is 10.0. The van der Waals surface area contributed by atoms with Crippen LogP contribution in [0.1, 0.15) is 19.8 Å². The summed E-state index contributed by atoms with van der Waals surface area (Å²) < 4.78 is 13.4. The minimum absolute atomic E-state index is 0.102. The Bertz CT molecular complexity index is 394. The first-order valence-electron chi connectivity index (χ1n) is 5.51. The fourth-order valence-electron chi connectivity index (χ4n) is 1.45. The van der Waals surface area contributed by atoms with Gasteiger partial charge in [0, 0.05) is 10.9 Å². The summed E-state index contributed by atoms with van der Waals surface area (Å²) in [6, 6.07) is 4.15. The number of hydrogen-bond donors (Lipinski definition) is 2. The van der Waals surface area contributed by atoms with Crippen molar-refractivity contribution in [2.24, 2.45) is 11.7 Å². The van der Waals surface area contributed by atoms with E-state index >= 15 is 0 Å². The van der Waals surface area contributed by atoms with Crippen molar-refractivity contribution in [3.05, 3.63) is 28.5 Å². The van der Waals surface area contributed by atoms with Gasteiger partial charge in [0.15, 0.2) is 0 Å². The molecule has 0 heterocycles. The summed E-state index contributed by atoms with van der Waals surface area (Å²) in [7, 11) is 0. The van der Waals surface area contributed by atoms with Gasteiger partial charge >= 0.3 is 0 Å². The van der Waals surface area contributed by atoms with Crippen molar-refractivity contribution >= 4 is 27.5 Å². The summed E-state index contributed by atoms with van der Waals surface area (Å²) in [5.41, 5.74) is 6.11. The molecular weight excluding hydrogens is 287 g/mol. The van der Waals surface area contributed by atoms with Gasteiger partial charge in [0.1, 0.15) is 5.82 Å². The average Bonchev–Trinajstić information content (AvgIpc) is 2.29. The first kappa shape index (κ1) is 14.1. The Kier molecular flexibility index (Phi) is 5.58. The zero-order valence-electron chi connectivity index (χ0n) is 9.67. The minimum Gasteiger partial charge on any atom is -0.330 e. The Morgan fingerprint density at radius 2 is 2.29 bits per heavy atom. The van der Waals surface area contributed by atoms with Crippen molar-refractivity contribution in [2.45, 2.75) is 19.8 Å². The summed E-state index contributed by atoms with van der Waals surface area (Å²) in [4.78, 5) is 11.7. The van der Waals surface area contributed by atoms with E-state index in [2.05, 4.69) is 21.2 Å². The molecule has 1 rings (SSSR count). The van der Waals surface area contributed by atoms with Crippen LogP contribution in [0.3, 0.4) is 0 Å². The van der Waals surface area contributed by atoms with Gasteiger partial charge in [-0.05, 0) is 46.6 Å². The van der Waals surface area contributed by atoms with Crippen LogP contribution in [0.25, 0.3) is 0 Å². The molecule has 3 N–H and O–H groups in total. The summed E-state index contributed by atoms with van der Waals surface area (Å²) in [6.45, 7) is 2.49. The van der Waals surface area contributed by atoms with Crippen LogP contribution in [0.5, 0.6) is 0 Å². The Balaban J connectivity index is 2.62. The molecule has 0 saturated heterocycles. The van der Waals surface area contributed by atoms with Gasteiger partial charge in [-0.25, -0.2) is 4.39 Å². The second-order valence-corrected chi connectivity index (χ2v) is 4.74. The van der Waals surface area contributed by atoms with Gasteiger partial charge in [-0.2, -0.15) is 0 Å². The monoisotopic (exact) mass is 302 g/mol. The van der Waals surface area contributed by atoms with Crippen molar-refractivity contribution in [1.29, 1.82) is 0 Å². The molecule has 0 aromatic heterocycles. The summed E-state index contributed by atoms with van der Waals surface area (Å²) in [5.74, 6) is -0.257. The molecule has 94 valence electrons. The number of carbonyl (C=O) groups excluding carboxylic acids is 1. The van der Waals surface area contributed by atoms with Gasteiger partial charge in [0.2, 0.25) is 5.91 Å². The molecule has 0 saturated carbocycles. The number of anilines is 1. The minimum atomic E-state index is -0.344. The number of amides is 1. The van der Waals surface area contributed by atoms with Crippen LogP contribution in [0.2, 0.25) is 0 Å². The second kappa shape index (κ2) is 6.71. The van der Waals surface area contributed by atoms with Gasteiger partial charge in [0.25, 0.3) is 0 Å². The first-order valence-corrected chi connectivity index (χ1v) is 6.31. The number of hydrogen-bond acceptors (Lipinski definition) is 2. The van der Waals surface area contributed by atoms with Gasteiger partial charge < -0.3 is 11.1 Å². The molecule has 1 aromatic carbocycles. The lowest BCUT2D eigenvalue weighted by Crippen LogP contribution is -2.21. The normalized spacial score (nSPS) is 12.2. The van der Waals surface area contributed by atoms with Gasteiger partial charge in [0.05, 0.1) is 5.69 Å². The summed E-state index contributed by atoms with van der Waals surface area (Å²) >= 11 is 3.20.